The monoisotopic (exact) mass is 245 g/mol. The molecule has 1 saturated carbocycles. The van der Waals surface area contributed by atoms with Crippen molar-refractivity contribution < 1.29 is 4.74 Å². The Kier molecular flexibility index (Phi) is 6.01. The molecule has 1 aliphatic rings. The predicted octanol–water partition coefficient (Wildman–Crippen LogP) is 0.580. The maximum absolute atomic E-state index is 5.18. The number of thiocarbonyl (C=S) groups is 1. The summed E-state index contributed by atoms with van der Waals surface area (Å²) in [6.45, 7) is 4.67. The first-order chi connectivity index (χ1) is 7.63. The molecule has 94 valence electrons. The van der Waals surface area contributed by atoms with Crippen molar-refractivity contribution in [2.45, 2.75) is 31.8 Å². The zero-order chi connectivity index (χ0) is 12.0. The largest absolute Gasteiger partial charge is 0.383 e. The lowest BCUT2D eigenvalue weighted by Gasteiger charge is -2.19. The molecule has 0 amide bonds. The van der Waals surface area contributed by atoms with Crippen LogP contribution in [0.3, 0.4) is 0 Å². The summed E-state index contributed by atoms with van der Waals surface area (Å²) >= 11 is 5.18. The second kappa shape index (κ2) is 7.04. The summed E-state index contributed by atoms with van der Waals surface area (Å²) in [4.78, 5) is 2.38. The van der Waals surface area contributed by atoms with Crippen molar-refractivity contribution in [3.63, 3.8) is 0 Å². The summed E-state index contributed by atoms with van der Waals surface area (Å²) in [5, 5.41) is 7.10. The number of nitrogens with one attached hydrogen (secondary N) is 2. The summed E-state index contributed by atoms with van der Waals surface area (Å²) in [5.41, 5.74) is 0. The highest BCUT2D eigenvalue weighted by Crippen LogP contribution is 2.24. The van der Waals surface area contributed by atoms with E-state index < -0.39 is 0 Å². The van der Waals surface area contributed by atoms with Crippen LogP contribution in [-0.2, 0) is 4.74 Å². The average Bonchev–Trinajstić information content (AvgIpc) is 3.00. The summed E-state index contributed by atoms with van der Waals surface area (Å²) in [5.74, 6) is 0. The lowest BCUT2D eigenvalue weighted by molar-refractivity contribution is 0.179. The maximum atomic E-state index is 5.18. The summed E-state index contributed by atoms with van der Waals surface area (Å²) < 4.78 is 5.03. The van der Waals surface area contributed by atoms with Crippen LogP contribution in [-0.4, -0.2) is 55.9 Å². The zero-order valence-corrected chi connectivity index (χ0v) is 11.3. The van der Waals surface area contributed by atoms with Crippen LogP contribution in [0.1, 0.15) is 19.8 Å². The molecule has 0 aromatic carbocycles. The van der Waals surface area contributed by atoms with Crippen LogP contribution in [0.2, 0.25) is 0 Å². The van der Waals surface area contributed by atoms with E-state index in [9.17, 15) is 0 Å². The van der Waals surface area contributed by atoms with Gasteiger partial charge >= 0.3 is 0 Å². The molecule has 5 heteroatoms. The molecule has 0 heterocycles. The summed E-state index contributed by atoms with van der Waals surface area (Å²) in [6.07, 6.45) is 2.70. The SMILES string of the molecule is COCC(C)NC(=S)NCCN(C)C1CC1. The van der Waals surface area contributed by atoms with Crippen LogP contribution in [0.4, 0.5) is 0 Å². The molecule has 2 N–H and O–H groups in total. The molecule has 16 heavy (non-hydrogen) atoms. The molecule has 1 atom stereocenters. The molecule has 0 aromatic heterocycles. The van der Waals surface area contributed by atoms with E-state index in [1.54, 1.807) is 7.11 Å². The second-order valence-corrected chi connectivity index (χ2v) is 4.88. The molecule has 1 rings (SSSR count). The number of rotatable bonds is 7. The van der Waals surface area contributed by atoms with Gasteiger partial charge in [0.15, 0.2) is 5.11 Å². The topological polar surface area (TPSA) is 36.5 Å². The van der Waals surface area contributed by atoms with Crippen molar-refractivity contribution >= 4 is 17.3 Å². The van der Waals surface area contributed by atoms with Crippen LogP contribution >= 0.6 is 12.2 Å². The van der Waals surface area contributed by atoms with Gasteiger partial charge in [0.05, 0.1) is 6.61 Å². The van der Waals surface area contributed by atoms with Crippen LogP contribution in [0.25, 0.3) is 0 Å². The van der Waals surface area contributed by atoms with Crippen molar-refractivity contribution in [3.05, 3.63) is 0 Å². The molecule has 1 aliphatic carbocycles. The molecule has 0 spiro atoms. The van der Waals surface area contributed by atoms with Crippen LogP contribution in [0, 0.1) is 0 Å². The van der Waals surface area contributed by atoms with Crippen molar-refractivity contribution in [1.82, 2.24) is 15.5 Å². The Bertz CT molecular complexity index is 221. The second-order valence-electron chi connectivity index (χ2n) is 4.47. The Balaban J connectivity index is 2.00. The minimum Gasteiger partial charge on any atom is -0.383 e. The Hall–Kier alpha value is -0.390. The number of nitrogens with zero attached hydrogens (tertiary/aromatic N) is 1. The van der Waals surface area contributed by atoms with E-state index in [0.29, 0.717) is 11.7 Å². The van der Waals surface area contributed by atoms with Crippen molar-refractivity contribution in [2.24, 2.45) is 0 Å². The van der Waals surface area contributed by atoms with Gasteiger partial charge in [0.1, 0.15) is 0 Å². The van der Waals surface area contributed by atoms with E-state index in [0.717, 1.165) is 19.1 Å². The van der Waals surface area contributed by atoms with Crippen LogP contribution in [0.5, 0.6) is 0 Å². The van der Waals surface area contributed by atoms with Gasteiger partial charge in [0.2, 0.25) is 0 Å². The van der Waals surface area contributed by atoms with E-state index in [1.807, 2.05) is 6.92 Å². The lowest BCUT2D eigenvalue weighted by Crippen LogP contribution is -2.44. The third-order valence-electron chi connectivity index (χ3n) is 2.71. The van der Waals surface area contributed by atoms with Crippen LogP contribution < -0.4 is 10.6 Å². The minimum absolute atomic E-state index is 0.256. The fraction of sp³-hybridized carbons (Fsp3) is 0.909. The maximum Gasteiger partial charge on any atom is 0.166 e. The van der Waals surface area contributed by atoms with Crippen molar-refractivity contribution in [2.75, 3.05) is 33.9 Å². The Labute approximate surface area is 104 Å². The average molecular weight is 245 g/mol. The predicted molar refractivity (Wildman–Crippen MR) is 70.7 cm³/mol. The number of methoxy groups -OCH3 is 1. The van der Waals surface area contributed by atoms with E-state index in [1.165, 1.54) is 12.8 Å². The Morgan fingerprint density at radius 1 is 1.56 bits per heavy atom. The third-order valence-corrected chi connectivity index (χ3v) is 2.98. The molecule has 0 saturated heterocycles. The van der Waals surface area contributed by atoms with Gasteiger partial charge in [-0.2, -0.15) is 0 Å². The number of hydrogen-bond donors (Lipinski definition) is 2. The lowest BCUT2D eigenvalue weighted by atomic mass is 10.4. The van der Waals surface area contributed by atoms with Crippen molar-refractivity contribution in [3.8, 4) is 0 Å². The Morgan fingerprint density at radius 3 is 2.81 bits per heavy atom. The standard InChI is InChI=1S/C11H23N3OS/c1-9(8-15-3)13-11(16)12-6-7-14(2)10-4-5-10/h9-10H,4-8H2,1-3H3,(H2,12,13,16). The van der Waals surface area contributed by atoms with E-state index >= 15 is 0 Å². The molecule has 0 bridgehead atoms. The first-order valence-corrected chi connectivity index (χ1v) is 6.28. The van der Waals surface area contributed by atoms with E-state index in [2.05, 4.69) is 22.6 Å². The molecular weight excluding hydrogens is 222 g/mol. The normalized spacial score (nSPS) is 17.2. The molecule has 1 fully saturated rings. The van der Waals surface area contributed by atoms with Gasteiger partial charge < -0.3 is 20.3 Å². The molecule has 4 nitrogen and oxygen atoms in total. The molecule has 0 radical (unpaired) electrons. The highest BCUT2D eigenvalue weighted by molar-refractivity contribution is 7.80. The highest BCUT2D eigenvalue weighted by atomic mass is 32.1. The van der Waals surface area contributed by atoms with Gasteiger partial charge in [0.25, 0.3) is 0 Å². The number of likely N-dealkylation sites (N-methyl/N-ethyl adjacent to an activating group) is 1. The van der Waals surface area contributed by atoms with E-state index in [4.69, 9.17) is 17.0 Å². The highest BCUT2D eigenvalue weighted by Gasteiger charge is 2.25. The first kappa shape index (κ1) is 13.7. The molecular formula is C11H23N3OS. The number of hydrogen-bond acceptors (Lipinski definition) is 3. The first-order valence-electron chi connectivity index (χ1n) is 5.87. The van der Waals surface area contributed by atoms with E-state index in [-0.39, 0.29) is 6.04 Å². The van der Waals surface area contributed by atoms with Gasteiger partial charge in [0, 0.05) is 32.3 Å². The quantitative estimate of drug-likeness (QED) is 0.642. The molecule has 0 aliphatic heterocycles. The van der Waals surface area contributed by atoms with Gasteiger partial charge in [-0.15, -0.1) is 0 Å². The zero-order valence-electron chi connectivity index (χ0n) is 10.5. The van der Waals surface area contributed by atoms with Gasteiger partial charge in [-0.3, -0.25) is 0 Å². The third kappa shape index (κ3) is 5.63. The fourth-order valence-electron chi connectivity index (χ4n) is 1.61. The van der Waals surface area contributed by atoms with Gasteiger partial charge in [-0.1, -0.05) is 0 Å². The summed E-state index contributed by atoms with van der Waals surface area (Å²) in [7, 11) is 3.86. The Morgan fingerprint density at radius 2 is 2.25 bits per heavy atom. The smallest absolute Gasteiger partial charge is 0.166 e. The molecule has 1 unspecified atom stereocenters. The number of ether oxygens (including phenoxy) is 1. The van der Waals surface area contributed by atoms with Gasteiger partial charge in [-0.05, 0) is 39.0 Å². The van der Waals surface area contributed by atoms with Crippen molar-refractivity contribution in [1.29, 1.82) is 0 Å². The molecule has 0 aromatic rings. The van der Waals surface area contributed by atoms with Crippen LogP contribution in [0.15, 0.2) is 0 Å². The summed E-state index contributed by atoms with van der Waals surface area (Å²) in [6, 6.07) is 1.07. The fourth-order valence-corrected chi connectivity index (χ4v) is 1.91. The minimum atomic E-state index is 0.256. The van der Waals surface area contributed by atoms with Gasteiger partial charge in [-0.25, -0.2) is 0 Å².